The van der Waals surface area contributed by atoms with Crippen LogP contribution in [0.5, 0.6) is 0 Å². The highest BCUT2D eigenvalue weighted by Gasteiger charge is 2.19. The van der Waals surface area contributed by atoms with E-state index < -0.39 is 10.0 Å². The van der Waals surface area contributed by atoms with Gasteiger partial charge in [-0.3, -0.25) is 9.52 Å². The average Bonchev–Trinajstić information content (AvgIpc) is 2.58. The molecule has 1 N–H and O–H groups in total. The first kappa shape index (κ1) is 18.3. The van der Waals surface area contributed by atoms with E-state index in [4.69, 9.17) is 11.6 Å². The molecule has 0 unspecified atom stereocenters. The van der Waals surface area contributed by atoms with Crippen LogP contribution in [0.25, 0.3) is 0 Å². The summed E-state index contributed by atoms with van der Waals surface area (Å²) in [5.74, 6) is -0.199. The van der Waals surface area contributed by atoms with E-state index in [9.17, 15) is 13.2 Å². The number of hydrogen-bond acceptors (Lipinski definition) is 3. The molecule has 0 bridgehead atoms. The van der Waals surface area contributed by atoms with E-state index in [0.717, 1.165) is 0 Å². The van der Waals surface area contributed by atoms with Gasteiger partial charge in [0.1, 0.15) is 0 Å². The number of anilines is 1. The summed E-state index contributed by atoms with van der Waals surface area (Å²) >= 11 is 5.99. The summed E-state index contributed by atoms with van der Waals surface area (Å²) in [4.78, 5) is 14.0. The molecule has 0 heterocycles. The molecule has 0 radical (unpaired) electrons. The third kappa shape index (κ3) is 4.07. The normalized spacial score (nSPS) is 11.1. The van der Waals surface area contributed by atoms with E-state index in [-0.39, 0.29) is 10.8 Å². The number of sulfonamides is 1. The van der Waals surface area contributed by atoms with Crippen molar-refractivity contribution in [2.45, 2.75) is 18.7 Å². The maximum atomic E-state index is 12.5. The van der Waals surface area contributed by atoms with Gasteiger partial charge in [0.25, 0.3) is 15.9 Å². The molecular weight excluding hydrogens is 348 g/mol. The van der Waals surface area contributed by atoms with Crippen molar-refractivity contribution in [3.05, 3.63) is 59.1 Å². The van der Waals surface area contributed by atoms with Crippen molar-refractivity contribution in [2.24, 2.45) is 0 Å². The van der Waals surface area contributed by atoms with Crippen molar-refractivity contribution < 1.29 is 13.2 Å². The largest absolute Gasteiger partial charge is 0.339 e. The molecule has 2 aromatic rings. The number of halogens is 1. The fourth-order valence-corrected chi connectivity index (χ4v) is 3.60. The van der Waals surface area contributed by atoms with Crippen LogP contribution in [-0.2, 0) is 10.0 Å². The smallest absolute Gasteiger partial charge is 0.261 e. The monoisotopic (exact) mass is 366 g/mol. The van der Waals surface area contributed by atoms with Crippen molar-refractivity contribution in [1.82, 2.24) is 4.90 Å². The molecule has 0 aliphatic heterocycles. The Kier molecular flexibility index (Phi) is 5.85. The topological polar surface area (TPSA) is 66.5 Å². The lowest BCUT2D eigenvalue weighted by molar-refractivity contribution is 0.0772. The minimum atomic E-state index is -3.84. The average molecular weight is 367 g/mol. The second-order valence-electron chi connectivity index (χ2n) is 5.09. The third-order valence-electron chi connectivity index (χ3n) is 3.56. The van der Waals surface area contributed by atoms with Gasteiger partial charge in [0.05, 0.1) is 15.6 Å². The van der Waals surface area contributed by atoms with Gasteiger partial charge in [-0.1, -0.05) is 29.8 Å². The van der Waals surface area contributed by atoms with Crippen LogP contribution in [0.15, 0.2) is 53.4 Å². The van der Waals surface area contributed by atoms with Gasteiger partial charge < -0.3 is 4.90 Å². The standard InChI is InChI=1S/C17H19ClN2O3S/c1-3-20(4-2)17(21)13-8-7-9-14(12-13)24(22,23)19-16-11-6-5-10-15(16)18/h5-12,19H,3-4H2,1-2H3. The lowest BCUT2D eigenvalue weighted by Gasteiger charge is -2.19. The minimum Gasteiger partial charge on any atom is -0.339 e. The molecule has 2 aromatic carbocycles. The second-order valence-corrected chi connectivity index (χ2v) is 7.18. The highest BCUT2D eigenvalue weighted by Crippen LogP contribution is 2.24. The van der Waals surface area contributed by atoms with Crippen molar-refractivity contribution in [3.8, 4) is 0 Å². The van der Waals surface area contributed by atoms with Crippen LogP contribution in [0, 0.1) is 0 Å². The molecule has 0 atom stereocenters. The Morgan fingerprint density at radius 1 is 1.08 bits per heavy atom. The predicted octanol–water partition coefficient (Wildman–Crippen LogP) is 3.62. The molecule has 1 amide bonds. The minimum absolute atomic E-state index is 0.0143. The van der Waals surface area contributed by atoms with Gasteiger partial charge in [0.2, 0.25) is 0 Å². The van der Waals surface area contributed by atoms with Crippen LogP contribution in [0.3, 0.4) is 0 Å². The van der Waals surface area contributed by atoms with Gasteiger partial charge in [-0.05, 0) is 44.2 Å². The Bertz CT molecular complexity index is 833. The fraction of sp³-hybridized carbons (Fsp3) is 0.235. The molecule has 0 aromatic heterocycles. The SMILES string of the molecule is CCN(CC)C(=O)c1cccc(S(=O)(=O)Nc2ccccc2Cl)c1. The molecule has 2 rings (SSSR count). The molecule has 128 valence electrons. The molecule has 24 heavy (non-hydrogen) atoms. The lowest BCUT2D eigenvalue weighted by Crippen LogP contribution is -2.30. The quantitative estimate of drug-likeness (QED) is 0.849. The van der Waals surface area contributed by atoms with Crippen LogP contribution in [0.2, 0.25) is 5.02 Å². The van der Waals surface area contributed by atoms with E-state index >= 15 is 0 Å². The van der Waals surface area contributed by atoms with Crippen molar-refractivity contribution in [1.29, 1.82) is 0 Å². The highest BCUT2D eigenvalue weighted by molar-refractivity contribution is 7.92. The number of benzene rings is 2. The van der Waals surface area contributed by atoms with E-state index in [0.29, 0.717) is 29.4 Å². The fourth-order valence-electron chi connectivity index (χ4n) is 2.24. The number of amides is 1. The number of nitrogens with zero attached hydrogens (tertiary/aromatic N) is 1. The summed E-state index contributed by atoms with van der Waals surface area (Å²) < 4.78 is 27.5. The zero-order chi connectivity index (χ0) is 17.7. The Balaban J connectivity index is 2.33. The van der Waals surface area contributed by atoms with Crippen LogP contribution < -0.4 is 4.72 Å². The van der Waals surface area contributed by atoms with Crippen molar-refractivity contribution in [3.63, 3.8) is 0 Å². The Labute approximate surface area is 147 Å². The predicted molar refractivity (Wildman–Crippen MR) is 96.0 cm³/mol. The molecule has 0 aliphatic rings. The summed E-state index contributed by atoms with van der Waals surface area (Å²) in [6.45, 7) is 4.87. The molecule has 7 heteroatoms. The Hall–Kier alpha value is -2.05. The number of carbonyl (C=O) groups is 1. The second kappa shape index (κ2) is 7.68. The summed E-state index contributed by atoms with van der Waals surface area (Å²) in [7, 11) is -3.84. The van der Waals surface area contributed by atoms with E-state index in [2.05, 4.69) is 4.72 Å². The Morgan fingerprint density at radius 2 is 1.75 bits per heavy atom. The maximum absolute atomic E-state index is 12.5. The van der Waals surface area contributed by atoms with Gasteiger partial charge in [0.15, 0.2) is 0 Å². The van der Waals surface area contributed by atoms with Gasteiger partial charge in [-0.2, -0.15) is 0 Å². The summed E-state index contributed by atoms with van der Waals surface area (Å²) in [6, 6.07) is 12.5. The first-order chi connectivity index (χ1) is 11.4. The Morgan fingerprint density at radius 3 is 2.38 bits per heavy atom. The molecule has 0 aliphatic carbocycles. The van der Waals surface area contributed by atoms with Gasteiger partial charge in [0, 0.05) is 18.7 Å². The number of nitrogens with one attached hydrogen (secondary N) is 1. The molecule has 5 nitrogen and oxygen atoms in total. The molecular formula is C17H19ClN2O3S. The van der Waals surface area contributed by atoms with E-state index in [1.807, 2.05) is 13.8 Å². The molecule has 0 spiro atoms. The summed E-state index contributed by atoms with van der Waals surface area (Å²) in [6.07, 6.45) is 0. The van der Waals surface area contributed by atoms with Crippen molar-refractivity contribution >= 4 is 33.2 Å². The lowest BCUT2D eigenvalue weighted by atomic mass is 10.2. The van der Waals surface area contributed by atoms with Gasteiger partial charge >= 0.3 is 0 Å². The van der Waals surface area contributed by atoms with Crippen LogP contribution in [-0.4, -0.2) is 32.3 Å². The number of carbonyl (C=O) groups excluding carboxylic acids is 1. The maximum Gasteiger partial charge on any atom is 0.261 e. The number of para-hydroxylation sites is 1. The van der Waals surface area contributed by atoms with E-state index in [1.165, 1.54) is 12.1 Å². The number of hydrogen-bond donors (Lipinski definition) is 1. The van der Waals surface area contributed by atoms with Gasteiger partial charge in [-0.25, -0.2) is 8.42 Å². The van der Waals surface area contributed by atoms with Crippen LogP contribution in [0.4, 0.5) is 5.69 Å². The molecule has 0 saturated heterocycles. The summed E-state index contributed by atoms with van der Waals surface area (Å²) in [5.41, 5.74) is 0.625. The van der Waals surface area contributed by atoms with Gasteiger partial charge in [-0.15, -0.1) is 0 Å². The highest BCUT2D eigenvalue weighted by atomic mass is 35.5. The molecule has 0 fully saturated rings. The third-order valence-corrected chi connectivity index (χ3v) is 5.25. The first-order valence-electron chi connectivity index (χ1n) is 7.55. The van der Waals surface area contributed by atoms with E-state index in [1.54, 1.807) is 41.3 Å². The molecule has 0 saturated carbocycles. The van der Waals surface area contributed by atoms with Crippen LogP contribution in [0.1, 0.15) is 24.2 Å². The zero-order valence-corrected chi connectivity index (χ0v) is 15.1. The van der Waals surface area contributed by atoms with Crippen LogP contribution >= 0.6 is 11.6 Å². The number of rotatable bonds is 6. The zero-order valence-electron chi connectivity index (χ0n) is 13.5. The summed E-state index contributed by atoms with van der Waals surface area (Å²) in [5, 5.41) is 0.302. The first-order valence-corrected chi connectivity index (χ1v) is 9.41. The van der Waals surface area contributed by atoms with Crippen molar-refractivity contribution in [2.75, 3.05) is 17.8 Å².